The van der Waals surface area contributed by atoms with E-state index in [-0.39, 0.29) is 41.0 Å². The van der Waals surface area contributed by atoms with Crippen molar-refractivity contribution in [2.45, 2.75) is 25.2 Å². The first-order valence-electron chi connectivity index (χ1n) is 8.79. The molecule has 26 heavy (non-hydrogen) atoms. The molecule has 3 aliphatic rings. The van der Waals surface area contributed by atoms with Crippen molar-refractivity contribution in [2.24, 2.45) is 11.8 Å². The largest absolute Gasteiger partial charge is 0.478 e. The summed E-state index contributed by atoms with van der Waals surface area (Å²) in [4.78, 5) is 38.8. The number of carboxylic acids is 1. The van der Waals surface area contributed by atoms with Gasteiger partial charge in [0, 0.05) is 0 Å². The summed E-state index contributed by atoms with van der Waals surface area (Å²) in [5.41, 5.74) is 3.69. The molecule has 5 nitrogen and oxygen atoms in total. The van der Waals surface area contributed by atoms with Crippen molar-refractivity contribution in [1.82, 2.24) is 0 Å². The molecule has 2 aromatic rings. The van der Waals surface area contributed by atoms with Crippen molar-refractivity contribution in [1.29, 1.82) is 0 Å². The summed E-state index contributed by atoms with van der Waals surface area (Å²) in [7, 11) is 0. The number of carbonyl (C=O) groups excluding carboxylic acids is 2. The minimum Gasteiger partial charge on any atom is -0.478 e. The highest BCUT2D eigenvalue weighted by Gasteiger charge is 2.63. The van der Waals surface area contributed by atoms with Gasteiger partial charge in [-0.3, -0.25) is 9.59 Å². The molecule has 2 bridgehead atoms. The van der Waals surface area contributed by atoms with E-state index >= 15 is 0 Å². The Balaban J connectivity index is 1.57. The second-order valence-corrected chi connectivity index (χ2v) is 7.45. The lowest BCUT2D eigenvalue weighted by molar-refractivity contribution is -0.123. The number of aromatic carboxylic acids is 1. The van der Waals surface area contributed by atoms with Crippen molar-refractivity contribution in [3.63, 3.8) is 0 Å². The Morgan fingerprint density at radius 2 is 1.58 bits per heavy atom. The van der Waals surface area contributed by atoms with Crippen LogP contribution in [0.3, 0.4) is 0 Å². The lowest BCUT2D eigenvalue weighted by atomic mass is 9.77. The summed E-state index contributed by atoms with van der Waals surface area (Å²) in [6.07, 6.45) is 0.872. The number of carboxylic acid groups (broad SMARTS) is 1. The molecule has 1 aliphatic heterocycles. The zero-order chi connectivity index (χ0) is 18.2. The fourth-order valence-corrected chi connectivity index (χ4v) is 5.23. The molecule has 0 spiro atoms. The van der Waals surface area contributed by atoms with Crippen LogP contribution in [0, 0.1) is 18.8 Å². The molecular weight excluding hydrogens is 330 g/mol. The van der Waals surface area contributed by atoms with Crippen molar-refractivity contribution < 1.29 is 19.5 Å². The fraction of sp³-hybridized carbons (Fsp3) is 0.286. The molecule has 1 saturated carbocycles. The fourth-order valence-electron chi connectivity index (χ4n) is 5.23. The van der Waals surface area contributed by atoms with Gasteiger partial charge in [-0.05, 0) is 60.1 Å². The first-order chi connectivity index (χ1) is 12.5. The normalized spacial score (nSPS) is 28.4. The van der Waals surface area contributed by atoms with Gasteiger partial charge in [-0.25, -0.2) is 9.69 Å². The van der Waals surface area contributed by atoms with Gasteiger partial charge in [-0.15, -0.1) is 0 Å². The highest BCUT2D eigenvalue weighted by atomic mass is 16.4. The molecule has 0 radical (unpaired) electrons. The third-order valence-corrected chi connectivity index (χ3v) is 6.25. The molecule has 4 atom stereocenters. The van der Waals surface area contributed by atoms with E-state index < -0.39 is 5.97 Å². The van der Waals surface area contributed by atoms with Gasteiger partial charge in [0.15, 0.2) is 0 Å². The first kappa shape index (κ1) is 15.3. The zero-order valence-corrected chi connectivity index (χ0v) is 14.2. The predicted molar refractivity (Wildman–Crippen MR) is 94.2 cm³/mol. The number of carbonyl (C=O) groups is 3. The van der Waals surface area contributed by atoms with E-state index in [1.807, 2.05) is 12.1 Å². The Labute approximate surface area is 150 Å². The lowest BCUT2D eigenvalue weighted by Crippen LogP contribution is -2.33. The molecule has 0 unspecified atom stereocenters. The van der Waals surface area contributed by atoms with Gasteiger partial charge in [-0.1, -0.05) is 24.3 Å². The summed E-state index contributed by atoms with van der Waals surface area (Å²) in [6, 6.07) is 12.7. The minimum atomic E-state index is -1.02. The summed E-state index contributed by atoms with van der Waals surface area (Å²) >= 11 is 0. The molecule has 2 aliphatic carbocycles. The van der Waals surface area contributed by atoms with Crippen molar-refractivity contribution in [2.75, 3.05) is 4.90 Å². The van der Waals surface area contributed by atoms with Gasteiger partial charge in [0.2, 0.25) is 11.8 Å². The van der Waals surface area contributed by atoms with E-state index in [2.05, 4.69) is 12.1 Å². The minimum absolute atomic E-state index is 0.112. The number of amides is 2. The van der Waals surface area contributed by atoms with Gasteiger partial charge < -0.3 is 5.11 Å². The van der Waals surface area contributed by atoms with Crippen LogP contribution in [0.2, 0.25) is 0 Å². The average Bonchev–Trinajstić information content (AvgIpc) is 3.26. The van der Waals surface area contributed by atoms with Crippen LogP contribution in [0.5, 0.6) is 0 Å². The number of aryl methyl sites for hydroxylation is 1. The van der Waals surface area contributed by atoms with Crippen LogP contribution in [0.25, 0.3) is 0 Å². The molecular formula is C21H17NO4. The van der Waals surface area contributed by atoms with Gasteiger partial charge in [0.1, 0.15) is 0 Å². The van der Waals surface area contributed by atoms with Crippen molar-refractivity contribution in [3.05, 3.63) is 64.7 Å². The maximum atomic E-state index is 13.2. The third-order valence-electron chi connectivity index (χ3n) is 6.25. The first-order valence-corrected chi connectivity index (χ1v) is 8.79. The molecule has 1 N–H and O–H groups in total. The van der Waals surface area contributed by atoms with E-state index in [4.69, 9.17) is 5.11 Å². The Morgan fingerprint density at radius 1 is 1.00 bits per heavy atom. The molecule has 5 heteroatoms. The summed E-state index contributed by atoms with van der Waals surface area (Å²) in [5, 5.41) is 9.13. The molecule has 2 aromatic carbocycles. The van der Waals surface area contributed by atoms with Crippen molar-refractivity contribution in [3.8, 4) is 0 Å². The van der Waals surface area contributed by atoms with E-state index in [0.29, 0.717) is 11.3 Å². The molecule has 130 valence electrons. The summed E-state index contributed by atoms with van der Waals surface area (Å²) < 4.78 is 0. The van der Waals surface area contributed by atoms with Crippen LogP contribution >= 0.6 is 0 Å². The number of hydrogen-bond acceptors (Lipinski definition) is 3. The smallest absolute Gasteiger partial charge is 0.335 e. The monoisotopic (exact) mass is 347 g/mol. The molecule has 1 saturated heterocycles. The van der Waals surface area contributed by atoms with Gasteiger partial charge in [-0.2, -0.15) is 0 Å². The molecule has 0 aromatic heterocycles. The molecule has 2 amide bonds. The van der Waals surface area contributed by atoms with Gasteiger partial charge in [0.25, 0.3) is 0 Å². The highest BCUT2D eigenvalue weighted by molar-refractivity contribution is 6.23. The van der Waals surface area contributed by atoms with Crippen LogP contribution in [0.15, 0.2) is 42.5 Å². The van der Waals surface area contributed by atoms with Gasteiger partial charge in [0.05, 0.1) is 23.1 Å². The topological polar surface area (TPSA) is 74.7 Å². The number of benzene rings is 2. The van der Waals surface area contributed by atoms with Crippen LogP contribution in [-0.4, -0.2) is 22.9 Å². The molecule has 2 fully saturated rings. The van der Waals surface area contributed by atoms with Crippen LogP contribution in [0.4, 0.5) is 5.69 Å². The second kappa shape index (κ2) is 5.04. The summed E-state index contributed by atoms with van der Waals surface area (Å²) in [6.45, 7) is 1.74. The molecule has 1 heterocycles. The molecule has 5 rings (SSSR count). The highest BCUT2D eigenvalue weighted by Crippen LogP contribution is 2.62. The van der Waals surface area contributed by atoms with Crippen molar-refractivity contribution >= 4 is 23.5 Å². The summed E-state index contributed by atoms with van der Waals surface area (Å²) in [5.74, 6) is -1.67. The Bertz CT molecular complexity index is 948. The number of nitrogens with zero attached hydrogens (tertiary/aromatic N) is 1. The predicted octanol–water partition coefficient (Wildman–Crippen LogP) is 3.08. The van der Waals surface area contributed by atoms with Crippen LogP contribution in [-0.2, 0) is 9.59 Å². The van der Waals surface area contributed by atoms with E-state index in [0.717, 1.165) is 6.42 Å². The SMILES string of the molecule is Cc1cc(C(=O)O)ccc1N1C(=O)[C@@H]2[C@H](C1=O)[C@H]1C[C@@H]2c2ccccc21. The second-order valence-electron chi connectivity index (χ2n) is 7.45. The zero-order valence-electron chi connectivity index (χ0n) is 14.2. The van der Waals surface area contributed by atoms with E-state index in [1.165, 1.54) is 28.2 Å². The number of imide groups is 1. The van der Waals surface area contributed by atoms with Crippen LogP contribution < -0.4 is 4.90 Å². The standard InChI is InChI=1S/C21H17NO4/c1-10-8-11(21(25)26)6-7-16(10)22-19(23)17-14-9-15(18(17)20(22)24)13-5-3-2-4-12(13)14/h2-8,14-15,17-18H,9H2,1H3,(H,25,26)/t14-,15+,17+,18-. The number of rotatable bonds is 2. The maximum Gasteiger partial charge on any atom is 0.335 e. The van der Waals surface area contributed by atoms with Gasteiger partial charge >= 0.3 is 5.97 Å². The Hall–Kier alpha value is -2.95. The lowest BCUT2D eigenvalue weighted by Gasteiger charge is -2.23. The average molecular weight is 347 g/mol. The Morgan fingerprint density at radius 3 is 2.08 bits per heavy atom. The number of fused-ring (bicyclic) bond motifs is 8. The number of anilines is 1. The maximum absolute atomic E-state index is 13.2. The quantitative estimate of drug-likeness (QED) is 0.847. The third kappa shape index (κ3) is 1.77. The van der Waals surface area contributed by atoms with E-state index in [1.54, 1.807) is 13.0 Å². The van der Waals surface area contributed by atoms with E-state index in [9.17, 15) is 14.4 Å². The number of hydrogen-bond donors (Lipinski definition) is 1. The Kier molecular flexibility index (Phi) is 2.97. The van der Waals surface area contributed by atoms with Crippen LogP contribution in [0.1, 0.15) is 45.3 Å².